The van der Waals surface area contributed by atoms with Crippen LogP contribution >= 0.6 is 7.82 Å². The maximum absolute atomic E-state index is 13.1. The quantitative estimate of drug-likeness (QED) is 0.250. The van der Waals surface area contributed by atoms with Gasteiger partial charge in [0.2, 0.25) is 0 Å². The summed E-state index contributed by atoms with van der Waals surface area (Å²) in [6, 6.07) is 24.3. The molecule has 2 atom stereocenters. The molecule has 162 valence electrons. The first-order valence-corrected chi connectivity index (χ1v) is 11.9. The van der Waals surface area contributed by atoms with Crippen LogP contribution in [0.5, 0.6) is 11.5 Å². The summed E-state index contributed by atoms with van der Waals surface area (Å²) in [5, 5.41) is 0. The average molecular weight is 460 g/mol. The molecule has 0 heterocycles. The molecule has 7 heteroatoms. The number of hydrogen-bond acceptors (Lipinski definition) is 5. The van der Waals surface area contributed by atoms with Gasteiger partial charge in [0, 0.05) is 11.5 Å². The number of hydrogen-bond donors (Lipinski definition) is 0. The van der Waals surface area contributed by atoms with Gasteiger partial charge in [0.15, 0.2) is 5.78 Å². The molecule has 2 unspecified atom stereocenters. The van der Waals surface area contributed by atoms with Crippen molar-refractivity contribution in [3.05, 3.63) is 96.1 Å². The Hall–Kier alpha value is -1.88. The number of benzene rings is 3. The van der Waals surface area contributed by atoms with Gasteiger partial charge in [0.1, 0.15) is 11.5 Å². The van der Waals surface area contributed by atoms with E-state index in [0.29, 0.717) is 12.0 Å². The monoisotopic (exact) mass is 460 g/mol. The number of ketones is 1. The Balaban J connectivity index is 0.00000363. The van der Waals surface area contributed by atoms with E-state index in [0.717, 1.165) is 24.8 Å². The second-order valence-corrected chi connectivity index (χ2v) is 8.62. The SMILES string of the molecule is CCCCC(Cc1ccccc1)C(=O)c1ccc(OP(=O)([O-])Oc2ccccc2)cc1.[Na+]. The van der Waals surface area contributed by atoms with Gasteiger partial charge in [0.05, 0.1) is 0 Å². The van der Waals surface area contributed by atoms with E-state index in [4.69, 9.17) is 9.05 Å². The Bertz CT molecular complexity index is 1010. The average Bonchev–Trinajstić information content (AvgIpc) is 2.77. The smallest absolute Gasteiger partial charge is 0.736 e. The Morgan fingerprint density at radius 1 is 0.875 bits per heavy atom. The number of unbranched alkanes of at least 4 members (excludes halogenated alkanes) is 1. The molecular formula is C25H26NaO5P. The first-order chi connectivity index (χ1) is 15.0. The van der Waals surface area contributed by atoms with Crippen LogP contribution in [0.15, 0.2) is 84.9 Å². The van der Waals surface area contributed by atoms with Crippen molar-refractivity contribution < 1.29 is 52.9 Å². The van der Waals surface area contributed by atoms with E-state index >= 15 is 0 Å². The number of Topliss-reactive ketones (excluding diaryl/α,β-unsaturated/α-hetero) is 1. The summed E-state index contributed by atoms with van der Waals surface area (Å²) in [4.78, 5) is 25.2. The van der Waals surface area contributed by atoms with E-state index in [-0.39, 0.29) is 52.8 Å². The van der Waals surface area contributed by atoms with Crippen molar-refractivity contribution in [3.8, 4) is 11.5 Å². The maximum atomic E-state index is 13.1. The van der Waals surface area contributed by atoms with E-state index in [1.165, 1.54) is 24.3 Å². The van der Waals surface area contributed by atoms with Gasteiger partial charge in [-0.1, -0.05) is 68.3 Å². The fourth-order valence-corrected chi connectivity index (χ4v) is 4.15. The minimum absolute atomic E-state index is 0. The van der Waals surface area contributed by atoms with Gasteiger partial charge in [-0.15, -0.1) is 0 Å². The Kier molecular flexibility index (Phi) is 10.7. The van der Waals surface area contributed by atoms with Crippen molar-refractivity contribution in [2.45, 2.75) is 32.6 Å². The number of carbonyl (C=O) groups is 1. The fourth-order valence-electron chi connectivity index (χ4n) is 3.35. The van der Waals surface area contributed by atoms with Gasteiger partial charge in [-0.2, -0.15) is 0 Å². The molecule has 0 bridgehead atoms. The Morgan fingerprint density at radius 2 is 1.41 bits per heavy atom. The summed E-state index contributed by atoms with van der Waals surface area (Å²) in [7, 11) is -4.59. The molecule has 0 aliphatic rings. The van der Waals surface area contributed by atoms with Crippen LogP contribution in [0.2, 0.25) is 0 Å². The minimum atomic E-state index is -4.59. The van der Waals surface area contributed by atoms with Crippen LogP contribution < -0.4 is 43.5 Å². The minimum Gasteiger partial charge on any atom is -0.736 e. The summed E-state index contributed by atoms with van der Waals surface area (Å²) in [6.07, 6.45) is 3.48. The van der Waals surface area contributed by atoms with Gasteiger partial charge in [-0.3, -0.25) is 4.79 Å². The second-order valence-electron chi connectivity index (χ2n) is 7.36. The molecule has 0 N–H and O–H groups in total. The van der Waals surface area contributed by atoms with Crippen LogP contribution in [0, 0.1) is 5.92 Å². The predicted octanol–water partition coefficient (Wildman–Crippen LogP) is 2.85. The predicted molar refractivity (Wildman–Crippen MR) is 119 cm³/mol. The standard InChI is InChI=1S/C25H27O5P.Na/c1-2-3-12-22(19-20-10-6-4-7-11-20)25(26)21-15-17-24(18-16-21)30-31(27,28)29-23-13-8-5-9-14-23;/h4-11,13-18,22H,2-3,12,19H2,1H3,(H,27,28);/q;+1/p-1. The van der Waals surface area contributed by atoms with Crippen molar-refractivity contribution in [2.24, 2.45) is 5.92 Å². The van der Waals surface area contributed by atoms with E-state index < -0.39 is 7.82 Å². The Labute approximate surface area is 211 Å². The van der Waals surface area contributed by atoms with Crippen LogP contribution in [0.1, 0.15) is 42.1 Å². The van der Waals surface area contributed by atoms with E-state index in [1.54, 1.807) is 30.3 Å². The van der Waals surface area contributed by atoms with Crippen LogP contribution in [0.25, 0.3) is 0 Å². The van der Waals surface area contributed by atoms with Gasteiger partial charge in [-0.05, 0) is 54.8 Å². The zero-order valence-electron chi connectivity index (χ0n) is 18.5. The summed E-state index contributed by atoms with van der Waals surface area (Å²) in [6.45, 7) is 2.11. The van der Waals surface area contributed by atoms with Crippen molar-refractivity contribution >= 4 is 13.6 Å². The zero-order valence-corrected chi connectivity index (χ0v) is 21.4. The molecule has 0 fully saturated rings. The number of phosphoric acid groups is 1. The molecule has 0 aliphatic carbocycles. The molecule has 0 saturated heterocycles. The number of phosphoric ester groups is 1. The topological polar surface area (TPSA) is 75.7 Å². The van der Waals surface area contributed by atoms with Crippen molar-refractivity contribution in [3.63, 3.8) is 0 Å². The summed E-state index contributed by atoms with van der Waals surface area (Å²) >= 11 is 0. The molecule has 3 aromatic carbocycles. The molecule has 0 amide bonds. The van der Waals surface area contributed by atoms with Crippen LogP contribution in [0.3, 0.4) is 0 Å². The molecule has 32 heavy (non-hydrogen) atoms. The summed E-state index contributed by atoms with van der Waals surface area (Å²) < 4.78 is 22.1. The third kappa shape index (κ3) is 8.23. The molecule has 0 aliphatic heterocycles. The Morgan fingerprint density at radius 3 is 1.97 bits per heavy atom. The first kappa shape index (κ1) is 26.4. The fraction of sp³-hybridized carbons (Fsp3) is 0.240. The third-order valence-electron chi connectivity index (χ3n) is 4.92. The van der Waals surface area contributed by atoms with Gasteiger partial charge < -0.3 is 13.9 Å². The van der Waals surface area contributed by atoms with Gasteiger partial charge >= 0.3 is 37.4 Å². The number of rotatable bonds is 11. The van der Waals surface area contributed by atoms with Crippen LogP contribution in [-0.4, -0.2) is 5.78 Å². The number of para-hydroxylation sites is 1. The normalized spacial score (nSPS) is 13.3. The van der Waals surface area contributed by atoms with E-state index in [9.17, 15) is 14.3 Å². The molecule has 5 nitrogen and oxygen atoms in total. The summed E-state index contributed by atoms with van der Waals surface area (Å²) in [5.74, 6) is 0.196. The van der Waals surface area contributed by atoms with E-state index in [1.807, 2.05) is 30.3 Å². The van der Waals surface area contributed by atoms with Crippen molar-refractivity contribution in [2.75, 3.05) is 0 Å². The molecule has 0 spiro atoms. The molecule has 0 aromatic heterocycles. The maximum Gasteiger partial charge on any atom is 1.00 e. The van der Waals surface area contributed by atoms with Gasteiger partial charge in [0.25, 0.3) is 0 Å². The van der Waals surface area contributed by atoms with Gasteiger partial charge in [-0.25, -0.2) is 4.57 Å². The third-order valence-corrected chi connectivity index (χ3v) is 5.79. The number of carbonyl (C=O) groups excluding carboxylic acids is 1. The summed E-state index contributed by atoms with van der Waals surface area (Å²) in [5.41, 5.74) is 1.66. The molecule has 0 saturated carbocycles. The zero-order chi connectivity index (χ0) is 22.1. The first-order valence-electron chi connectivity index (χ1n) is 10.4. The molecular weight excluding hydrogens is 434 g/mol. The molecule has 3 rings (SSSR count). The van der Waals surface area contributed by atoms with Crippen LogP contribution in [0.4, 0.5) is 0 Å². The second kappa shape index (κ2) is 13.0. The largest absolute Gasteiger partial charge is 1.00 e. The van der Waals surface area contributed by atoms with Crippen molar-refractivity contribution in [1.29, 1.82) is 0 Å². The van der Waals surface area contributed by atoms with E-state index in [2.05, 4.69) is 6.92 Å². The molecule has 0 radical (unpaired) electrons. The van der Waals surface area contributed by atoms with Crippen molar-refractivity contribution in [1.82, 2.24) is 0 Å². The molecule has 3 aromatic rings. The van der Waals surface area contributed by atoms with Crippen LogP contribution in [-0.2, 0) is 11.0 Å².